The van der Waals surface area contributed by atoms with Crippen molar-refractivity contribution in [2.75, 3.05) is 12.0 Å². The number of carbonyl (C=O) groups excluding carboxylic acids is 1. The highest BCUT2D eigenvalue weighted by molar-refractivity contribution is 6.30. The van der Waals surface area contributed by atoms with Gasteiger partial charge in [0.25, 0.3) is 0 Å². The van der Waals surface area contributed by atoms with E-state index in [4.69, 9.17) is 16.3 Å². The average molecular weight is 304 g/mol. The highest BCUT2D eigenvalue weighted by Crippen LogP contribution is 2.15. The summed E-state index contributed by atoms with van der Waals surface area (Å²) in [4.78, 5) is 10.3. The molecule has 6 heteroatoms. The molecule has 2 aromatic rings. The third kappa shape index (κ3) is 5.16. The summed E-state index contributed by atoms with van der Waals surface area (Å²) >= 11 is 5.86. The van der Waals surface area contributed by atoms with Crippen molar-refractivity contribution < 1.29 is 14.6 Å². The molecule has 0 saturated heterocycles. The second-order valence-corrected chi connectivity index (χ2v) is 4.55. The summed E-state index contributed by atoms with van der Waals surface area (Å²) < 4.78 is 4.97. The van der Waals surface area contributed by atoms with Gasteiger partial charge in [0.1, 0.15) is 12.4 Å². The zero-order valence-corrected chi connectivity index (χ0v) is 11.7. The first-order chi connectivity index (χ1) is 10.1. The van der Waals surface area contributed by atoms with E-state index in [2.05, 4.69) is 10.5 Å². The maximum Gasteiger partial charge on any atom is 0.128 e. The molecule has 2 rings (SSSR count). The van der Waals surface area contributed by atoms with E-state index < -0.39 is 12.6 Å². The lowest BCUT2D eigenvalue weighted by Gasteiger charge is -2.06. The smallest absolute Gasteiger partial charge is 0.128 e. The van der Waals surface area contributed by atoms with E-state index in [0.717, 1.165) is 11.3 Å². The highest BCUT2D eigenvalue weighted by Gasteiger charge is 1.94. The van der Waals surface area contributed by atoms with Crippen LogP contribution in [0.1, 0.15) is 5.56 Å². The number of hydrogen-bond donors (Lipinski definition) is 1. The summed E-state index contributed by atoms with van der Waals surface area (Å²) in [6, 6.07) is 14.0. The molecule has 2 aromatic carbocycles. The molecule has 0 heterocycles. The van der Waals surface area contributed by atoms with Gasteiger partial charge in [0.15, 0.2) is 0 Å². The highest BCUT2D eigenvalue weighted by atomic mass is 35.5. The second-order valence-electron chi connectivity index (χ2n) is 4.11. The van der Waals surface area contributed by atoms with Crippen LogP contribution in [0, 0.1) is 0 Å². The molecule has 0 aromatic heterocycles. The quantitative estimate of drug-likeness (QED) is 0.653. The Labute approximate surface area is 126 Å². The van der Waals surface area contributed by atoms with Crippen molar-refractivity contribution in [3.8, 4) is 5.75 Å². The van der Waals surface area contributed by atoms with Gasteiger partial charge in [-0.2, -0.15) is 5.10 Å². The molecule has 0 fully saturated rings. The van der Waals surface area contributed by atoms with Gasteiger partial charge in [0.05, 0.1) is 17.9 Å². The number of hydrazone groups is 1. The average Bonchev–Trinajstić information content (AvgIpc) is 2.46. The van der Waals surface area contributed by atoms with E-state index in [1.807, 2.05) is 12.1 Å². The van der Waals surface area contributed by atoms with Gasteiger partial charge in [0.2, 0.25) is 0 Å². The Morgan fingerprint density at radius 2 is 2.05 bits per heavy atom. The monoisotopic (exact) mass is 303 g/mol. The number of anilines is 1. The fraction of sp³-hybridized carbons (Fsp3) is 0.0667. The molecule has 0 aliphatic rings. The van der Waals surface area contributed by atoms with Gasteiger partial charge in [-0.25, -0.2) is 0 Å². The molecule has 108 valence electrons. The molecule has 0 aliphatic carbocycles. The van der Waals surface area contributed by atoms with Gasteiger partial charge in [-0.05, 0) is 48.0 Å². The molecule has 0 saturated carbocycles. The molecular formula is C15H12ClN2O3-. The van der Waals surface area contributed by atoms with Crippen LogP contribution in [0.4, 0.5) is 5.69 Å². The fourth-order valence-electron chi connectivity index (χ4n) is 1.53. The van der Waals surface area contributed by atoms with Crippen molar-refractivity contribution in [1.82, 2.24) is 0 Å². The van der Waals surface area contributed by atoms with Crippen molar-refractivity contribution in [3.05, 3.63) is 59.1 Å². The van der Waals surface area contributed by atoms with E-state index in [1.165, 1.54) is 0 Å². The first-order valence-corrected chi connectivity index (χ1v) is 6.48. The number of hydrogen-bond acceptors (Lipinski definition) is 5. The van der Waals surface area contributed by atoms with Crippen LogP contribution in [0.15, 0.2) is 53.6 Å². The number of ether oxygens (including phenoxy) is 1. The van der Waals surface area contributed by atoms with Gasteiger partial charge in [-0.1, -0.05) is 17.7 Å². The number of halogens is 1. The van der Waals surface area contributed by atoms with Crippen LogP contribution in [0.5, 0.6) is 5.75 Å². The van der Waals surface area contributed by atoms with E-state index in [-0.39, 0.29) is 0 Å². The summed E-state index contributed by atoms with van der Waals surface area (Å²) in [7, 11) is 0. The van der Waals surface area contributed by atoms with Crippen LogP contribution < -0.4 is 15.3 Å². The van der Waals surface area contributed by atoms with Crippen molar-refractivity contribution in [3.63, 3.8) is 0 Å². The van der Waals surface area contributed by atoms with Crippen LogP contribution in [0.3, 0.4) is 0 Å². The van der Waals surface area contributed by atoms with Crippen LogP contribution in [-0.4, -0.2) is 18.8 Å². The molecule has 0 amide bonds. The van der Waals surface area contributed by atoms with E-state index in [1.54, 1.807) is 42.6 Å². The minimum absolute atomic E-state index is 0.458. The largest absolute Gasteiger partial charge is 0.546 e. The third-order valence-corrected chi connectivity index (χ3v) is 2.70. The Morgan fingerprint density at radius 3 is 2.71 bits per heavy atom. The predicted octanol–water partition coefficient (Wildman–Crippen LogP) is 1.91. The maximum atomic E-state index is 10.3. The number of rotatable bonds is 6. The molecule has 0 spiro atoms. The molecule has 0 unspecified atom stereocenters. The topological polar surface area (TPSA) is 73.8 Å². The first-order valence-electron chi connectivity index (χ1n) is 6.11. The zero-order valence-electron chi connectivity index (χ0n) is 11.0. The third-order valence-electron chi connectivity index (χ3n) is 2.47. The lowest BCUT2D eigenvalue weighted by Crippen LogP contribution is -2.28. The first kappa shape index (κ1) is 14.9. The Hall–Kier alpha value is -2.53. The summed E-state index contributed by atoms with van der Waals surface area (Å²) in [5.41, 5.74) is 4.48. The predicted molar refractivity (Wildman–Crippen MR) is 79.6 cm³/mol. The minimum Gasteiger partial charge on any atom is -0.546 e. The number of carboxylic acids is 1. The van der Waals surface area contributed by atoms with Gasteiger partial charge in [0, 0.05) is 5.02 Å². The zero-order chi connectivity index (χ0) is 15.1. The molecule has 0 aliphatic heterocycles. The summed E-state index contributed by atoms with van der Waals surface area (Å²) in [6.07, 6.45) is 1.63. The Bertz CT molecular complexity index is 642. The van der Waals surface area contributed by atoms with Crippen LogP contribution in [-0.2, 0) is 4.79 Å². The fourth-order valence-corrected chi connectivity index (χ4v) is 1.72. The minimum atomic E-state index is -1.26. The number of carbonyl (C=O) groups is 1. The Morgan fingerprint density at radius 1 is 1.29 bits per heavy atom. The molecule has 0 radical (unpaired) electrons. The normalized spacial score (nSPS) is 10.5. The second kappa shape index (κ2) is 7.31. The summed E-state index contributed by atoms with van der Waals surface area (Å²) in [5.74, 6) is -0.800. The van der Waals surface area contributed by atoms with Crippen LogP contribution in [0.25, 0.3) is 0 Å². The van der Waals surface area contributed by atoms with Gasteiger partial charge >= 0.3 is 0 Å². The Kier molecular flexibility index (Phi) is 5.17. The molecule has 5 nitrogen and oxygen atoms in total. The summed E-state index contributed by atoms with van der Waals surface area (Å²) in [6.45, 7) is -0.468. The van der Waals surface area contributed by atoms with E-state index in [0.29, 0.717) is 10.8 Å². The standard InChI is InChI=1S/C15H13ClN2O3/c16-12-2-1-3-13(8-12)18-17-9-11-4-6-14(7-5-11)21-10-15(19)20/h1-9,18H,10H2,(H,19,20)/p-1/b17-9-. The number of carboxylic acid groups (broad SMARTS) is 1. The van der Waals surface area contributed by atoms with Gasteiger partial charge in [-0.15, -0.1) is 0 Å². The SMILES string of the molecule is O=C([O-])COc1ccc(/C=N\Nc2cccc(Cl)c2)cc1. The number of nitrogens with one attached hydrogen (secondary N) is 1. The Balaban J connectivity index is 1.90. The number of nitrogens with zero attached hydrogens (tertiary/aromatic N) is 1. The molecule has 1 N–H and O–H groups in total. The molecular weight excluding hydrogens is 292 g/mol. The van der Waals surface area contributed by atoms with Crippen LogP contribution >= 0.6 is 11.6 Å². The van der Waals surface area contributed by atoms with Crippen molar-refractivity contribution in [2.24, 2.45) is 5.10 Å². The van der Waals surface area contributed by atoms with E-state index >= 15 is 0 Å². The molecule has 0 bridgehead atoms. The maximum absolute atomic E-state index is 10.3. The lowest BCUT2D eigenvalue weighted by atomic mass is 10.2. The lowest BCUT2D eigenvalue weighted by molar-refractivity contribution is -0.307. The van der Waals surface area contributed by atoms with Gasteiger partial charge in [-0.3, -0.25) is 5.43 Å². The number of benzene rings is 2. The van der Waals surface area contributed by atoms with Crippen molar-refractivity contribution in [1.29, 1.82) is 0 Å². The summed E-state index contributed by atoms with van der Waals surface area (Å²) in [5, 5.41) is 15.0. The number of aliphatic carboxylic acids is 1. The van der Waals surface area contributed by atoms with E-state index in [9.17, 15) is 9.90 Å². The molecule has 21 heavy (non-hydrogen) atoms. The van der Waals surface area contributed by atoms with Crippen LogP contribution in [0.2, 0.25) is 5.02 Å². The van der Waals surface area contributed by atoms with Gasteiger partial charge < -0.3 is 14.6 Å². The van der Waals surface area contributed by atoms with Crippen molar-refractivity contribution in [2.45, 2.75) is 0 Å². The molecule has 0 atom stereocenters. The van der Waals surface area contributed by atoms with Crippen molar-refractivity contribution >= 4 is 29.5 Å².